The van der Waals surface area contributed by atoms with Crippen LogP contribution >= 0.6 is 11.6 Å². The summed E-state index contributed by atoms with van der Waals surface area (Å²) < 4.78 is 7.49. The summed E-state index contributed by atoms with van der Waals surface area (Å²) >= 11 is 6.05. The molecule has 0 spiro atoms. The minimum Gasteiger partial charge on any atom is -0.497 e. The maximum atomic E-state index is 6.05. The van der Waals surface area contributed by atoms with Crippen molar-refractivity contribution in [3.8, 4) is 5.75 Å². The average Bonchev–Trinajstić information content (AvgIpc) is 2.75. The van der Waals surface area contributed by atoms with Crippen LogP contribution in [0.1, 0.15) is 11.3 Å². The maximum Gasteiger partial charge on any atom is 0.118 e. The van der Waals surface area contributed by atoms with E-state index in [4.69, 9.17) is 16.3 Å². The molecule has 0 saturated heterocycles. The second-order valence-corrected chi connectivity index (χ2v) is 5.36. The van der Waals surface area contributed by atoms with Crippen molar-refractivity contribution in [1.29, 1.82) is 0 Å². The maximum absolute atomic E-state index is 6.05. The van der Waals surface area contributed by atoms with Crippen LogP contribution in [0.15, 0.2) is 48.5 Å². The van der Waals surface area contributed by atoms with E-state index in [2.05, 4.69) is 35.8 Å². The molecule has 0 saturated carbocycles. The van der Waals surface area contributed by atoms with Crippen LogP contribution in [0.2, 0.25) is 5.02 Å². The molecule has 0 aliphatic carbocycles. The Labute approximate surface area is 123 Å². The zero-order chi connectivity index (χ0) is 14.1. The molecule has 3 rings (SSSR count). The topological polar surface area (TPSA) is 14.2 Å². The summed E-state index contributed by atoms with van der Waals surface area (Å²) in [4.78, 5) is 0. The van der Waals surface area contributed by atoms with Crippen molar-refractivity contribution in [3.63, 3.8) is 0 Å². The first kappa shape index (κ1) is 13.1. The average molecular weight is 286 g/mol. The lowest BCUT2D eigenvalue weighted by Gasteiger charge is -2.09. The van der Waals surface area contributed by atoms with Crippen LogP contribution < -0.4 is 4.74 Å². The van der Waals surface area contributed by atoms with Gasteiger partial charge in [-0.1, -0.05) is 23.7 Å². The van der Waals surface area contributed by atoms with E-state index in [1.54, 1.807) is 7.11 Å². The molecule has 0 aliphatic heterocycles. The van der Waals surface area contributed by atoms with Crippen LogP contribution in [0.4, 0.5) is 0 Å². The van der Waals surface area contributed by atoms with Crippen molar-refractivity contribution in [1.82, 2.24) is 4.57 Å². The number of aromatic nitrogens is 1. The van der Waals surface area contributed by atoms with E-state index in [9.17, 15) is 0 Å². The molecular weight excluding hydrogens is 270 g/mol. The van der Waals surface area contributed by atoms with Crippen molar-refractivity contribution >= 4 is 22.5 Å². The number of ether oxygens (including phenoxy) is 1. The standard InChI is InChI=1S/C17H16ClNO/c1-12-9-14-10-15(18)5-8-17(14)19(12)11-13-3-6-16(20-2)7-4-13/h3-10H,11H2,1-2H3. The zero-order valence-electron chi connectivity index (χ0n) is 11.6. The van der Waals surface area contributed by atoms with Crippen LogP contribution in [-0.4, -0.2) is 11.7 Å². The monoisotopic (exact) mass is 285 g/mol. The van der Waals surface area contributed by atoms with Crippen molar-refractivity contribution in [3.05, 3.63) is 64.8 Å². The highest BCUT2D eigenvalue weighted by Crippen LogP contribution is 2.24. The molecule has 0 radical (unpaired) electrons. The number of aryl methyl sites for hydroxylation is 1. The lowest BCUT2D eigenvalue weighted by Crippen LogP contribution is -2.01. The van der Waals surface area contributed by atoms with E-state index in [1.165, 1.54) is 22.2 Å². The summed E-state index contributed by atoms with van der Waals surface area (Å²) in [5, 5.41) is 1.96. The van der Waals surface area contributed by atoms with E-state index >= 15 is 0 Å². The van der Waals surface area contributed by atoms with Crippen molar-refractivity contribution in [2.24, 2.45) is 0 Å². The van der Waals surface area contributed by atoms with Gasteiger partial charge in [0.15, 0.2) is 0 Å². The van der Waals surface area contributed by atoms with Gasteiger partial charge in [-0.05, 0) is 48.9 Å². The fourth-order valence-electron chi connectivity index (χ4n) is 2.50. The van der Waals surface area contributed by atoms with Gasteiger partial charge in [0.2, 0.25) is 0 Å². The Kier molecular flexibility index (Phi) is 3.41. The van der Waals surface area contributed by atoms with Crippen molar-refractivity contribution in [2.45, 2.75) is 13.5 Å². The van der Waals surface area contributed by atoms with Gasteiger partial charge in [-0.2, -0.15) is 0 Å². The number of methoxy groups -OCH3 is 1. The largest absolute Gasteiger partial charge is 0.497 e. The van der Waals surface area contributed by atoms with Crippen LogP contribution in [0, 0.1) is 6.92 Å². The Balaban J connectivity index is 1.99. The number of fused-ring (bicyclic) bond motifs is 1. The smallest absolute Gasteiger partial charge is 0.118 e. The molecule has 0 aliphatic rings. The number of hydrogen-bond acceptors (Lipinski definition) is 1. The normalized spacial score (nSPS) is 10.9. The molecular formula is C17H16ClNO. The van der Waals surface area contributed by atoms with E-state index in [1.807, 2.05) is 24.3 Å². The van der Waals surface area contributed by atoms with Crippen molar-refractivity contribution < 1.29 is 4.74 Å². The van der Waals surface area contributed by atoms with Gasteiger partial charge in [-0.15, -0.1) is 0 Å². The number of rotatable bonds is 3. The van der Waals surface area contributed by atoms with E-state index in [0.29, 0.717) is 0 Å². The predicted octanol–water partition coefficient (Wildman–Crippen LogP) is 4.66. The third-order valence-corrected chi connectivity index (χ3v) is 3.81. The summed E-state index contributed by atoms with van der Waals surface area (Å²) in [7, 11) is 1.68. The van der Waals surface area contributed by atoms with Crippen LogP contribution in [-0.2, 0) is 6.54 Å². The molecule has 3 heteroatoms. The Morgan fingerprint density at radius 2 is 1.80 bits per heavy atom. The Hall–Kier alpha value is -1.93. The molecule has 1 heterocycles. The van der Waals surface area contributed by atoms with Crippen LogP contribution in [0.5, 0.6) is 5.75 Å². The van der Waals surface area contributed by atoms with Gasteiger partial charge in [0.05, 0.1) is 7.11 Å². The fourth-order valence-corrected chi connectivity index (χ4v) is 2.68. The number of nitrogens with zero attached hydrogens (tertiary/aromatic N) is 1. The Bertz CT molecular complexity index is 744. The fraction of sp³-hybridized carbons (Fsp3) is 0.176. The van der Waals surface area contributed by atoms with Gasteiger partial charge < -0.3 is 9.30 Å². The van der Waals surface area contributed by atoms with Gasteiger partial charge in [0, 0.05) is 28.2 Å². The van der Waals surface area contributed by atoms with Crippen LogP contribution in [0.25, 0.3) is 10.9 Å². The molecule has 0 amide bonds. The van der Waals surface area contributed by atoms with E-state index < -0.39 is 0 Å². The molecule has 0 atom stereocenters. The lowest BCUT2D eigenvalue weighted by atomic mass is 10.2. The second-order valence-electron chi connectivity index (χ2n) is 4.92. The molecule has 0 N–H and O–H groups in total. The summed E-state index contributed by atoms with van der Waals surface area (Å²) in [5.41, 5.74) is 3.70. The highest BCUT2D eigenvalue weighted by atomic mass is 35.5. The lowest BCUT2D eigenvalue weighted by molar-refractivity contribution is 0.414. The van der Waals surface area contributed by atoms with Gasteiger partial charge in [-0.3, -0.25) is 0 Å². The quantitative estimate of drug-likeness (QED) is 0.683. The third-order valence-electron chi connectivity index (χ3n) is 3.57. The second kappa shape index (κ2) is 5.22. The first-order valence-electron chi connectivity index (χ1n) is 6.56. The Morgan fingerprint density at radius 1 is 1.05 bits per heavy atom. The zero-order valence-corrected chi connectivity index (χ0v) is 12.3. The van der Waals surface area contributed by atoms with Gasteiger partial charge >= 0.3 is 0 Å². The SMILES string of the molecule is COc1ccc(Cn2c(C)cc3cc(Cl)ccc32)cc1. The predicted molar refractivity (Wildman–Crippen MR) is 83.8 cm³/mol. The first-order chi connectivity index (χ1) is 9.67. The van der Waals surface area contributed by atoms with E-state index in [-0.39, 0.29) is 0 Å². The van der Waals surface area contributed by atoms with Gasteiger partial charge in [0.1, 0.15) is 5.75 Å². The summed E-state index contributed by atoms with van der Waals surface area (Å²) in [6.45, 7) is 2.97. The highest BCUT2D eigenvalue weighted by Gasteiger charge is 2.06. The molecule has 3 aromatic rings. The molecule has 2 nitrogen and oxygen atoms in total. The number of benzene rings is 2. The molecule has 1 aromatic heterocycles. The Morgan fingerprint density at radius 3 is 2.50 bits per heavy atom. The third kappa shape index (κ3) is 2.39. The van der Waals surface area contributed by atoms with Gasteiger partial charge in [-0.25, -0.2) is 0 Å². The first-order valence-corrected chi connectivity index (χ1v) is 6.93. The summed E-state index contributed by atoms with van der Waals surface area (Å²) in [5.74, 6) is 0.884. The molecule has 102 valence electrons. The van der Waals surface area contributed by atoms with Gasteiger partial charge in [0.25, 0.3) is 0 Å². The minimum absolute atomic E-state index is 0.777. The van der Waals surface area contributed by atoms with Crippen molar-refractivity contribution in [2.75, 3.05) is 7.11 Å². The number of hydrogen-bond donors (Lipinski definition) is 0. The van der Waals surface area contributed by atoms with Crippen LogP contribution in [0.3, 0.4) is 0 Å². The molecule has 0 bridgehead atoms. The molecule has 20 heavy (non-hydrogen) atoms. The number of halogens is 1. The van der Waals surface area contributed by atoms with E-state index in [0.717, 1.165) is 17.3 Å². The molecule has 0 fully saturated rings. The summed E-state index contributed by atoms with van der Waals surface area (Å²) in [6, 6.07) is 16.4. The highest BCUT2D eigenvalue weighted by molar-refractivity contribution is 6.31. The summed E-state index contributed by atoms with van der Waals surface area (Å²) in [6.07, 6.45) is 0. The molecule has 0 unspecified atom stereocenters. The minimum atomic E-state index is 0.777. The molecule has 2 aromatic carbocycles.